The maximum atomic E-state index is 12.5. The first-order valence-corrected chi connectivity index (χ1v) is 9.11. The first-order valence-electron chi connectivity index (χ1n) is 7.45. The van der Waals surface area contributed by atoms with E-state index in [4.69, 9.17) is 4.74 Å². The van der Waals surface area contributed by atoms with E-state index in [0.29, 0.717) is 17.4 Å². The van der Waals surface area contributed by atoms with Gasteiger partial charge in [0.05, 0.1) is 17.3 Å². The number of nitrogens with one attached hydrogen (secondary N) is 1. The summed E-state index contributed by atoms with van der Waals surface area (Å²) in [6.45, 7) is 7.41. The highest BCUT2D eigenvalue weighted by Crippen LogP contribution is 2.18. The summed E-state index contributed by atoms with van der Waals surface area (Å²) in [5.41, 5.74) is 1.14. The molecule has 0 bridgehead atoms. The summed E-state index contributed by atoms with van der Waals surface area (Å²) in [5.74, 6) is 0.455. The lowest BCUT2D eigenvalue weighted by Gasteiger charge is -2.18. The number of ether oxygens (including phenoxy) is 1. The summed E-state index contributed by atoms with van der Waals surface area (Å²) in [7, 11) is -1.71. The second-order valence-electron chi connectivity index (χ2n) is 5.61. The van der Waals surface area contributed by atoms with Crippen molar-refractivity contribution in [2.75, 3.05) is 26.0 Å². The third-order valence-corrected chi connectivity index (χ3v) is 5.21. The molecule has 120 valence electrons. The Labute approximate surface area is 128 Å². The molecule has 4 nitrogen and oxygen atoms in total. The van der Waals surface area contributed by atoms with Crippen molar-refractivity contribution >= 4 is 9.84 Å². The van der Waals surface area contributed by atoms with Crippen LogP contribution >= 0.6 is 0 Å². The molecule has 0 heterocycles. The molecule has 0 aliphatic rings. The second-order valence-corrected chi connectivity index (χ2v) is 7.65. The van der Waals surface area contributed by atoms with Gasteiger partial charge >= 0.3 is 0 Å². The van der Waals surface area contributed by atoms with Gasteiger partial charge in [-0.3, -0.25) is 0 Å². The van der Waals surface area contributed by atoms with Crippen LogP contribution in [0.3, 0.4) is 0 Å². The molecule has 0 aromatic heterocycles. The highest BCUT2D eigenvalue weighted by atomic mass is 32.2. The summed E-state index contributed by atoms with van der Waals surface area (Å²) in [6, 6.07) is 7.01. The highest BCUT2D eigenvalue weighted by Gasteiger charge is 2.21. The van der Waals surface area contributed by atoms with Crippen molar-refractivity contribution < 1.29 is 13.2 Å². The van der Waals surface area contributed by atoms with Gasteiger partial charge in [-0.2, -0.15) is 0 Å². The molecule has 0 saturated heterocycles. The van der Waals surface area contributed by atoms with Crippen LogP contribution in [-0.2, 0) is 14.6 Å². The van der Waals surface area contributed by atoms with Gasteiger partial charge in [-0.05, 0) is 36.6 Å². The van der Waals surface area contributed by atoms with E-state index < -0.39 is 9.84 Å². The molecule has 0 aliphatic carbocycles. The fraction of sp³-hybridized carbons (Fsp3) is 0.625. The van der Waals surface area contributed by atoms with Gasteiger partial charge in [0.15, 0.2) is 9.84 Å². The molecule has 1 atom stereocenters. The van der Waals surface area contributed by atoms with E-state index in [1.54, 1.807) is 19.2 Å². The standard InChI is InChI=1S/C16H27NO3S/c1-5-10-17-15(11-20-4)12-21(18,19)16-8-6-14(7-9-16)13(2)3/h6-9,13,15,17H,5,10-12H2,1-4H3. The zero-order valence-corrected chi connectivity index (χ0v) is 14.2. The molecule has 0 spiro atoms. The summed E-state index contributed by atoms with van der Waals surface area (Å²) in [5, 5.41) is 3.22. The number of rotatable bonds is 9. The molecule has 0 fully saturated rings. The van der Waals surface area contributed by atoms with Crippen molar-refractivity contribution in [3.8, 4) is 0 Å². The lowest BCUT2D eigenvalue weighted by atomic mass is 10.0. The Morgan fingerprint density at radius 1 is 1.19 bits per heavy atom. The van der Waals surface area contributed by atoms with Crippen LogP contribution in [0.25, 0.3) is 0 Å². The van der Waals surface area contributed by atoms with Crippen LogP contribution < -0.4 is 5.32 Å². The van der Waals surface area contributed by atoms with Crippen molar-refractivity contribution in [2.24, 2.45) is 0 Å². The minimum absolute atomic E-state index is 0.0574. The first kappa shape index (κ1) is 18.1. The maximum Gasteiger partial charge on any atom is 0.179 e. The predicted molar refractivity (Wildman–Crippen MR) is 86.5 cm³/mol. The van der Waals surface area contributed by atoms with Crippen molar-refractivity contribution in [3.05, 3.63) is 29.8 Å². The fourth-order valence-corrected chi connectivity index (χ4v) is 3.62. The van der Waals surface area contributed by atoms with Crippen molar-refractivity contribution in [1.29, 1.82) is 0 Å². The molecule has 0 aliphatic heterocycles. The van der Waals surface area contributed by atoms with E-state index in [-0.39, 0.29) is 11.8 Å². The van der Waals surface area contributed by atoms with Gasteiger partial charge in [-0.15, -0.1) is 0 Å². The number of hydrogen-bond donors (Lipinski definition) is 1. The number of sulfone groups is 1. The lowest BCUT2D eigenvalue weighted by molar-refractivity contribution is 0.173. The molecular formula is C16H27NO3S. The van der Waals surface area contributed by atoms with Crippen LogP contribution in [0, 0.1) is 0 Å². The highest BCUT2D eigenvalue weighted by molar-refractivity contribution is 7.91. The topological polar surface area (TPSA) is 55.4 Å². The van der Waals surface area contributed by atoms with Crippen LogP contribution in [0.15, 0.2) is 29.2 Å². The Hall–Kier alpha value is -0.910. The smallest absolute Gasteiger partial charge is 0.179 e. The van der Waals surface area contributed by atoms with E-state index in [1.807, 2.05) is 12.1 Å². The van der Waals surface area contributed by atoms with E-state index in [1.165, 1.54) is 0 Å². The van der Waals surface area contributed by atoms with Crippen LogP contribution in [0.5, 0.6) is 0 Å². The van der Waals surface area contributed by atoms with Gasteiger partial charge in [-0.25, -0.2) is 8.42 Å². The summed E-state index contributed by atoms with van der Waals surface area (Å²) >= 11 is 0. The molecule has 1 aromatic rings. The quantitative estimate of drug-likeness (QED) is 0.761. The predicted octanol–water partition coefficient (Wildman–Crippen LogP) is 2.60. The van der Waals surface area contributed by atoms with Crippen LogP contribution in [0.4, 0.5) is 0 Å². The number of methoxy groups -OCH3 is 1. The van der Waals surface area contributed by atoms with E-state index >= 15 is 0 Å². The van der Waals surface area contributed by atoms with Gasteiger partial charge in [0.1, 0.15) is 0 Å². The molecule has 1 N–H and O–H groups in total. The Morgan fingerprint density at radius 3 is 2.29 bits per heavy atom. The van der Waals surface area contributed by atoms with Crippen LogP contribution in [-0.4, -0.2) is 40.5 Å². The minimum Gasteiger partial charge on any atom is -0.383 e. The molecule has 1 unspecified atom stereocenters. The third-order valence-electron chi connectivity index (χ3n) is 3.38. The maximum absolute atomic E-state index is 12.5. The molecule has 0 amide bonds. The van der Waals surface area contributed by atoms with Crippen LogP contribution in [0.2, 0.25) is 0 Å². The Morgan fingerprint density at radius 2 is 1.81 bits per heavy atom. The van der Waals surface area contributed by atoms with Crippen molar-refractivity contribution in [3.63, 3.8) is 0 Å². The molecule has 21 heavy (non-hydrogen) atoms. The summed E-state index contributed by atoms with van der Waals surface area (Å²) in [4.78, 5) is 0.381. The van der Waals surface area contributed by atoms with E-state index in [2.05, 4.69) is 26.1 Å². The third kappa shape index (κ3) is 5.77. The van der Waals surface area contributed by atoms with Gasteiger partial charge in [0.25, 0.3) is 0 Å². The average Bonchev–Trinajstić information content (AvgIpc) is 2.45. The van der Waals surface area contributed by atoms with Crippen LogP contribution in [0.1, 0.15) is 38.7 Å². The summed E-state index contributed by atoms with van der Waals surface area (Å²) in [6.07, 6.45) is 0.962. The van der Waals surface area contributed by atoms with Gasteiger partial charge in [-0.1, -0.05) is 32.9 Å². The first-order chi connectivity index (χ1) is 9.90. The normalized spacial score (nSPS) is 13.6. The number of benzene rings is 1. The molecule has 1 aromatic carbocycles. The number of hydrogen-bond acceptors (Lipinski definition) is 4. The molecular weight excluding hydrogens is 286 g/mol. The van der Waals surface area contributed by atoms with E-state index in [0.717, 1.165) is 18.5 Å². The summed E-state index contributed by atoms with van der Waals surface area (Å²) < 4.78 is 30.0. The molecule has 0 saturated carbocycles. The minimum atomic E-state index is -3.30. The second kappa shape index (κ2) is 8.51. The zero-order chi connectivity index (χ0) is 15.9. The average molecular weight is 313 g/mol. The Bertz CT molecular complexity index is 509. The monoisotopic (exact) mass is 313 g/mol. The van der Waals surface area contributed by atoms with Crippen molar-refractivity contribution in [2.45, 2.75) is 44.0 Å². The Kier molecular flexibility index (Phi) is 7.35. The molecule has 0 radical (unpaired) electrons. The van der Waals surface area contributed by atoms with Gasteiger partial charge in [0, 0.05) is 13.2 Å². The van der Waals surface area contributed by atoms with Gasteiger partial charge < -0.3 is 10.1 Å². The largest absolute Gasteiger partial charge is 0.383 e. The molecule has 1 rings (SSSR count). The Balaban J connectivity index is 2.82. The fourth-order valence-electron chi connectivity index (χ4n) is 2.14. The lowest BCUT2D eigenvalue weighted by Crippen LogP contribution is -2.39. The zero-order valence-electron chi connectivity index (χ0n) is 13.4. The van der Waals surface area contributed by atoms with E-state index in [9.17, 15) is 8.42 Å². The SMILES string of the molecule is CCCNC(COC)CS(=O)(=O)c1ccc(C(C)C)cc1. The molecule has 5 heteroatoms. The van der Waals surface area contributed by atoms with Gasteiger partial charge in [0.2, 0.25) is 0 Å². The van der Waals surface area contributed by atoms with Crippen molar-refractivity contribution in [1.82, 2.24) is 5.32 Å².